The van der Waals surface area contributed by atoms with Crippen LogP contribution in [0.4, 0.5) is 11.4 Å². The topological polar surface area (TPSA) is 77.3 Å². The maximum absolute atomic E-state index is 10.9. The number of ether oxygens (including phenoxy) is 1. The van der Waals surface area contributed by atoms with Crippen LogP contribution in [0.3, 0.4) is 0 Å². The van der Waals surface area contributed by atoms with E-state index in [2.05, 4.69) is 10.3 Å². The largest absolute Gasteiger partial charge is 0.494 e. The first-order chi connectivity index (χ1) is 10.1. The third-order valence-corrected chi connectivity index (χ3v) is 3.61. The van der Waals surface area contributed by atoms with Gasteiger partial charge in [0.1, 0.15) is 5.75 Å². The Morgan fingerprint density at radius 2 is 2.24 bits per heavy atom. The number of anilines is 1. The average molecular weight is 307 g/mol. The molecule has 2 rings (SSSR count). The van der Waals surface area contributed by atoms with E-state index in [-0.39, 0.29) is 5.69 Å². The maximum Gasteiger partial charge on any atom is 0.275 e. The SMILES string of the molecule is CCOc1cc(NCCc2csc(C)n2)cc([N+](=O)[O-])c1. The molecule has 0 atom stereocenters. The van der Waals surface area contributed by atoms with E-state index >= 15 is 0 Å². The van der Waals surface area contributed by atoms with E-state index in [0.29, 0.717) is 24.6 Å². The Morgan fingerprint density at radius 1 is 1.43 bits per heavy atom. The van der Waals surface area contributed by atoms with Gasteiger partial charge >= 0.3 is 0 Å². The summed E-state index contributed by atoms with van der Waals surface area (Å²) in [6.45, 7) is 4.95. The van der Waals surface area contributed by atoms with E-state index in [4.69, 9.17) is 4.74 Å². The molecule has 1 aromatic heterocycles. The molecule has 7 heteroatoms. The standard InChI is InChI=1S/C14H17N3O3S/c1-3-20-14-7-12(6-13(8-14)17(18)19)15-5-4-11-9-21-10(2)16-11/h6-9,15H,3-5H2,1-2H3. The molecule has 21 heavy (non-hydrogen) atoms. The summed E-state index contributed by atoms with van der Waals surface area (Å²) >= 11 is 1.62. The van der Waals surface area contributed by atoms with Crippen LogP contribution in [0.5, 0.6) is 5.75 Å². The molecular weight excluding hydrogens is 290 g/mol. The number of nitro groups is 1. The summed E-state index contributed by atoms with van der Waals surface area (Å²) in [5, 5.41) is 17.2. The Bertz CT molecular complexity index is 628. The predicted molar refractivity (Wildman–Crippen MR) is 83.3 cm³/mol. The van der Waals surface area contributed by atoms with Gasteiger partial charge in [-0.05, 0) is 13.8 Å². The monoisotopic (exact) mass is 307 g/mol. The van der Waals surface area contributed by atoms with Gasteiger partial charge in [-0.2, -0.15) is 0 Å². The normalized spacial score (nSPS) is 10.4. The van der Waals surface area contributed by atoms with Crippen molar-refractivity contribution in [3.8, 4) is 5.75 Å². The van der Waals surface area contributed by atoms with Crippen LogP contribution in [0, 0.1) is 17.0 Å². The Kier molecular flexibility index (Phi) is 5.10. The fourth-order valence-corrected chi connectivity index (χ4v) is 2.55. The Morgan fingerprint density at radius 3 is 2.86 bits per heavy atom. The highest BCUT2D eigenvalue weighted by Gasteiger charge is 2.10. The number of hydrogen-bond acceptors (Lipinski definition) is 6. The first-order valence-corrected chi connectivity index (χ1v) is 7.53. The summed E-state index contributed by atoms with van der Waals surface area (Å²) in [6, 6.07) is 4.70. The van der Waals surface area contributed by atoms with Crippen LogP contribution < -0.4 is 10.1 Å². The molecule has 0 amide bonds. The highest BCUT2D eigenvalue weighted by Crippen LogP contribution is 2.26. The van der Waals surface area contributed by atoms with Gasteiger partial charge < -0.3 is 10.1 Å². The van der Waals surface area contributed by atoms with Gasteiger partial charge in [-0.15, -0.1) is 11.3 Å². The van der Waals surface area contributed by atoms with Gasteiger partial charge in [0.15, 0.2) is 0 Å². The van der Waals surface area contributed by atoms with Crippen molar-refractivity contribution < 1.29 is 9.66 Å². The van der Waals surface area contributed by atoms with Crippen molar-refractivity contribution >= 4 is 22.7 Å². The molecule has 0 saturated heterocycles. The molecule has 0 fully saturated rings. The van der Waals surface area contributed by atoms with Gasteiger partial charge in [-0.3, -0.25) is 10.1 Å². The fourth-order valence-electron chi connectivity index (χ4n) is 1.90. The third-order valence-electron chi connectivity index (χ3n) is 2.79. The molecule has 2 aromatic rings. The first-order valence-electron chi connectivity index (χ1n) is 6.65. The van der Waals surface area contributed by atoms with E-state index in [9.17, 15) is 10.1 Å². The van der Waals surface area contributed by atoms with Crippen molar-refractivity contribution in [3.05, 3.63) is 44.4 Å². The molecule has 0 aliphatic rings. The lowest BCUT2D eigenvalue weighted by Gasteiger charge is -2.08. The summed E-state index contributed by atoms with van der Waals surface area (Å²) < 4.78 is 5.35. The number of nitrogens with one attached hydrogen (secondary N) is 1. The van der Waals surface area contributed by atoms with Gasteiger partial charge in [0.2, 0.25) is 0 Å². The van der Waals surface area contributed by atoms with Crippen molar-refractivity contribution in [2.75, 3.05) is 18.5 Å². The number of nitro benzene ring substituents is 1. The van der Waals surface area contributed by atoms with Gasteiger partial charge in [0.05, 0.1) is 28.3 Å². The quantitative estimate of drug-likeness (QED) is 0.626. The van der Waals surface area contributed by atoms with Crippen molar-refractivity contribution in [2.24, 2.45) is 0 Å². The van der Waals surface area contributed by atoms with Gasteiger partial charge in [-0.25, -0.2) is 4.98 Å². The minimum Gasteiger partial charge on any atom is -0.494 e. The van der Waals surface area contributed by atoms with Crippen LogP contribution in [-0.2, 0) is 6.42 Å². The molecule has 1 heterocycles. The fraction of sp³-hybridized carbons (Fsp3) is 0.357. The minimum atomic E-state index is -0.419. The zero-order valence-corrected chi connectivity index (χ0v) is 12.8. The lowest BCUT2D eigenvalue weighted by atomic mass is 10.2. The number of nitrogens with zero attached hydrogens (tertiary/aromatic N) is 2. The van der Waals surface area contributed by atoms with Crippen molar-refractivity contribution in [2.45, 2.75) is 20.3 Å². The predicted octanol–water partition coefficient (Wildman–Crippen LogP) is 3.41. The lowest BCUT2D eigenvalue weighted by Crippen LogP contribution is -2.06. The van der Waals surface area contributed by atoms with Crippen LogP contribution in [0.2, 0.25) is 0 Å². The average Bonchev–Trinajstić information content (AvgIpc) is 2.84. The van der Waals surface area contributed by atoms with Crippen molar-refractivity contribution in [3.63, 3.8) is 0 Å². The molecule has 0 aliphatic heterocycles. The number of rotatable bonds is 7. The number of aryl methyl sites for hydroxylation is 1. The maximum atomic E-state index is 10.9. The first kappa shape index (κ1) is 15.2. The molecule has 0 unspecified atom stereocenters. The summed E-state index contributed by atoms with van der Waals surface area (Å²) in [6.07, 6.45) is 0.775. The van der Waals surface area contributed by atoms with Crippen LogP contribution in [0.25, 0.3) is 0 Å². The van der Waals surface area contributed by atoms with Crippen LogP contribution in [0.15, 0.2) is 23.6 Å². The van der Waals surface area contributed by atoms with Gasteiger partial charge in [0, 0.05) is 36.2 Å². The smallest absolute Gasteiger partial charge is 0.275 e. The Balaban J connectivity index is 2.02. The Labute approximate surface area is 126 Å². The molecule has 0 radical (unpaired) electrons. The summed E-state index contributed by atoms with van der Waals surface area (Å²) in [7, 11) is 0. The summed E-state index contributed by atoms with van der Waals surface area (Å²) in [5.41, 5.74) is 1.73. The van der Waals surface area contributed by atoms with Gasteiger partial charge in [-0.1, -0.05) is 0 Å². The zero-order valence-electron chi connectivity index (χ0n) is 12.0. The molecule has 1 aromatic carbocycles. The highest BCUT2D eigenvalue weighted by atomic mass is 32.1. The van der Waals surface area contributed by atoms with Crippen LogP contribution in [-0.4, -0.2) is 23.1 Å². The van der Waals surface area contributed by atoms with Crippen molar-refractivity contribution in [1.82, 2.24) is 4.98 Å². The van der Waals surface area contributed by atoms with E-state index < -0.39 is 4.92 Å². The molecule has 0 saturated carbocycles. The number of aromatic nitrogens is 1. The molecule has 1 N–H and O–H groups in total. The molecule has 6 nitrogen and oxygen atoms in total. The number of non-ortho nitro benzene ring substituents is 1. The second-order valence-electron chi connectivity index (χ2n) is 4.44. The van der Waals surface area contributed by atoms with Crippen LogP contribution >= 0.6 is 11.3 Å². The summed E-state index contributed by atoms with van der Waals surface area (Å²) in [4.78, 5) is 14.9. The second-order valence-corrected chi connectivity index (χ2v) is 5.50. The molecule has 0 bridgehead atoms. The zero-order chi connectivity index (χ0) is 15.2. The summed E-state index contributed by atoms with van der Waals surface area (Å²) in [5.74, 6) is 0.499. The third kappa shape index (κ3) is 4.42. The van der Waals surface area contributed by atoms with Crippen LogP contribution in [0.1, 0.15) is 17.6 Å². The number of hydrogen-bond donors (Lipinski definition) is 1. The highest BCUT2D eigenvalue weighted by molar-refractivity contribution is 7.09. The molecule has 0 spiro atoms. The molecule has 112 valence electrons. The Hall–Kier alpha value is -2.15. The molecule has 0 aliphatic carbocycles. The minimum absolute atomic E-state index is 0.0213. The van der Waals surface area contributed by atoms with E-state index in [1.807, 2.05) is 19.2 Å². The van der Waals surface area contributed by atoms with E-state index in [1.54, 1.807) is 17.4 Å². The molecular formula is C14H17N3O3S. The lowest BCUT2D eigenvalue weighted by molar-refractivity contribution is -0.384. The van der Waals surface area contributed by atoms with E-state index in [1.165, 1.54) is 12.1 Å². The number of thiazole rings is 1. The van der Waals surface area contributed by atoms with Gasteiger partial charge in [0.25, 0.3) is 5.69 Å². The van der Waals surface area contributed by atoms with Crippen molar-refractivity contribution in [1.29, 1.82) is 0 Å². The number of benzene rings is 1. The second kappa shape index (κ2) is 7.03. The van der Waals surface area contributed by atoms with E-state index in [0.717, 1.165) is 17.1 Å².